The maximum atomic E-state index is 13.0. The molecule has 0 saturated heterocycles. The third kappa shape index (κ3) is 3.42. The van der Waals surface area contributed by atoms with Gasteiger partial charge in [0.2, 0.25) is 5.91 Å². The van der Waals surface area contributed by atoms with E-state index in [2.05, 4.69) is 10.3 Å². The van der Waals surface area contributed by atoms with Gasteiger partial charge in [-0.2, -0.15) is 0 Å². The monoisotopic (exact) mass is 411 g/mol. The Morgan fingerprint density at radius 1 is 1.03 bits per heavy atom. The van der Waals surface area contributed by atoms with E-state index in [1.165, 1.54) is 0 Å². The highest BCUT2D eigenvalue weighted by Crippen LogP contribution is 2.40. The van der Waals surface area contributed by atoms with Crippen LogP contribution >= 0.6 is 0 Å². The van der Waals surface area contributed by atoms with Crippen molar-refractivity contribution in [3.63, 3.8) is 0 Å². The van der Waals surface area contributed by atoms with Crippen LogP contribution in [0.15, 0.2) is 72.9 Å². The van der Waals surface area contributed by atoms with Gasteiger partial charge >= 0.3 is 0 Å². The van der Waals surface area contributed by atoms with E-state index in [4.69, 9.17) is 4.74 Å². The van der Waals surface area contributed by atoms with Crippen LogP contribution < -0.4 is 15.0 Å². The highest BCUT2D eigenvalue weighted by Gasteiger charge is 2.27. The van der Waals surface area contributed by atoms with Crippen LogP contribution in [0.2, 0.25) is 0 Å². The molecule has 6 nitrogen and oxygen atoms in total. The van der Waals surface area contributed by atoms with Gasteiger partial charge in [-0.15, -0.1) is 0 Å². The summed E-state index contributed by atoms with van der Waals surface area (Å²) in [5.41, 5.74) is 3.76. The molecule has 154 valence electrons. The number of benzene rings is 3. The number of ether oxygens (including phenoxy) is 1. The maximum Gasteiger partial charge on any atom is 0.262 e. The molecule has 6 heteroatoms. The van der Waals surface area contributed by atoms with Crippen molar-refractivity contribution in [2.45, 2.75) is 13.3 Å². The Labute approximate surface area is 179 Å². The van der Waals surface area contributed by atoms with Crippen LogP contribution in [0.1, 0.15) is 22.8 Å². The zero-order chi connectivity index (χ0) is 21.4. The lowest BCUT2D eigenvalue weighted by atomic mass is 10.1. The predicted molar refractivity (Wildman–Crippen MR) is 121 cm³/mol. The minimum Gasteiger partial charge on any atom is -0.454 e. The third-order valence-corrected chi connectivity index (χ3v) is 5.46. The Hall–Kier alpha value is -4.06. The first-order valence-corrected chi connectivity index (χ1v) is 10.2. The summed E-state index contributed by atoms with van der Waals surface area (Å²) < 4.78 is 6.07. The lowest BCUT2D eigenvalue weighted by molar-refractivity contribution is -0.115. The van der Waals surface area contributed by atoms with E-state index in [-0.39, 0.29) is 18.2 Å². The fourth-order valence-corrected chi connectivity index (χ4v) is 3.97. The summed E-state index contributed by atoms with van der Waals surface area (Å²) in [6.45, 7) is 2.43. The van der Waals surface area contributed by atoms with Crippen LogP contribution in [0.5, 0.6) is 11.5 Å². The van der Waals surface area contributed by atoms with Gasteiger partial charge in [-0.25, -0.2) is 0 Å². The van der Waals surface area contributed by atoms with Gasteiger partial charge in [0, 0.05) is 35.4 Å². The molecule has 1 aromatic heterocycles. The number of H-pyrrole nitrogens is 1. The number of rotatable bonds is 4. The number of carbonyl (C=O) groups is 2. The molecule has 1 aliphatic heterocycles. The summed E-state index contributed by atoms with van der Waals surface area (Å²) in [4.78, 5) is 30.5. The van der Waals surface area contributed by atoms with Crippen molar-refractivity contribution in [3.05, 3.63) is 84.1 Å². The van der Waals surface area contributed by atoms with Gasteiger partial charge in [0.15, 0.2) is 5.75 Å². The average Bonchev–Trinajstić information content (AvgIpc) is 3.13. The molecule has 2 N–H and O–H groups in total. The fraction of sp³-hybridized carbons (Fsp3) is 0.120. The molecule has 0 radical (unpaired) electrons. The standard InChI is InChI=1S/C25H21N3O3/c1-2-28-21-12-11-17(14-23(21)31-22-10-6-4-8-19(22)25(28)30)27-24(29)13-16-15-26-20-9-5-3-7-18(16)20/h3-12,14-15,26H,2,13H2,1H3,(H,27,29). The molecule has 31 heavy (non-hydrogen) atoms. The first-order valence-electron chi connectivity index (χ1n) is 10.2. The number of para-hydroxylation sites is 2. The van der Waals surface area contributed by atoms with E-state index in [0.29, 0.717) is 35.0 Å². The van der Waals surface area contributed by atoms with Gasteiger partial charge in [0.1, 0.15) is 5.75 Å². The van der Waals surface area contributed by atoms with Gasteiger partial charge in [-0.1, -0.05) is 30.3 Å². The fourth-order valence-electron chi connectivity index (χ4n) is 3.97. The Balaban J connectivity index is 1.42. The Kier molecular flexibility index (Phi) is 4.67. The molecule has 0 unspecified atom stereocenters. The van der Waals surface area contributed by atoms with E-state index in [9.17, 15) is 9.59 Å². The van der Waals surface area contributed by atoms with Gasteiger partial charge in [-0.05, 0) is 42.8 Å². The zero-order valence-electron chi connectivity index (χ0n) is 17.0. The van der Waals surface area contributed by atoms with Crippen molar-refractivity contribution in [1.82, 2.24) is 4.98 Å². The van der Waals surface area contributed by atoms with Crippen LogP contribution in [-0.4, -0.2) is 23.3 Å². The van der Waals surface area contributed by atoms with E-state index in [1.807, 2.05) is 55.6 Å². The largest absolute Gasteiger partial charge is 0.454 e. The van der Waals surface area contributed by atoms with E-state index >= 15 is 0 Å². The Bertz CT molecular complexity index is 1310. The number of nitrogens with one attached hydrogen (secondary N) is 2. The van der Waals surface area contributed by atoms with Crippen LogP contribution in [0, 0.1) is 0 Å². The molecule has 0 atom stereocenters. The number of aromatic amines is 1. The molecule has 0 saturated carbocycles. The molecule has 0 bridgehead atoms. The number of amides is 2. The van der Waals surface area contributed by atoms with Crippen molar-refractivity contribution < 1.29 is 14.3 Å². The summed E-state index contributed by atoms with van der Waals surface area (Å²) in [5, 5.41) is 3.99. The molecular formula is C25H21N3O3. The smallest absolute Gasteiger partial charge is 0.262 e. The van der Waals surface area contributed by atoms with E-state index < -0.39 is 0 Å². The van der Waals surface area contributed by atoms with Gasteiger partial charge in [-0.3, -0.25) is 9.59 Å². The number of carbonyl (C=O) groups excluding carboxylic acids is 2. The Morgan fingerprint density at radius 2 is 1.84 bits per heavy atom. The normalized spacial score (nSPS) is 12.7. The quantitative estimate of drug-likeness (QED) is 0.489. The number of aromatic nitrogens is 1. The van der Waals surface area contributed by atoms with Crippen molar-refractivity contribution in [1.29, 1.82) is 0 Å². The first kappa shape index (κ1) is 18.9. The van der Waals surface area contributed by atoms with Crippen molar-refractivity contribution in [2.75, 3.05) is 16.8 Å². The molecule has 1 aliphatic rings. The zero-order valence-corrected chi connectivity index (χ0v) is 17.0. The Morgan fingerprint density at radius 3 is 2.71 bits per heavy atom. The summed E-state index contributed by atoms with van der Waals surface area (Å²) in [5.74, 6) is 0.812. The molecule has 4 aromatic rings. The molecule has 2 amide bonds. The van der Waals surface area contributed by atoms with Gasteiger partial charge < -0.3 is 19.9 Å². The first-order chi connectivity index (χ1) is 15.1. The number of hydrogen-bond acceptors (Lipinski definition) is 3. The molecule has 3 aromatic carbocycles. The second kappa shape index (κ2) is 7.65. The summed E-state index contributed by atoms with van der Waals surface area (Å²) >= 11 is 0. The topological polar surface area (TPSA) is 74.4 Å². The number of hydrogen-bond donors (Lipinski definition) is 2. The second-order valence-electron chi connectivity index (χ2n) is 7.41. The number of anilines is 2. The second-order valence-corrected chi connectivity index (χ2v) is 7.41. The predicted octanol–water partition coefficient (Wildman–Crippen LogP) is 5.12. The van der Waals surface area contributed by atoms with Crippen molar-refractivity contribution in [3.8, 4) is 11.5 Å². The van der Waals surface area contributed by atoms with Crippen LogP contribution in [0.3, 0.4) is 0 Å². The van der Waals surface area contributed by atoms with Crippen molar-refractivity contribution >= 4 is 34.1 Å². The summed E-state index contributed by atoms with van der Waals surface area (Å²) in [6, 6.07) is 20.5. The summed E-state index contributed by atoms with van der Waals surface area (Å²) in [6.07, 6.45) is 2.12. The molecule has 0 spiro atoms. The lowest BCUT2D eigenvalue weighted by Gasteiger charge is -2.20. The number of fused-ring (bicyclic) bond motifs is 3. The van der Waals surface area contributed by atoms with Crippen molar-refractivity contribution in [2.24, 2.45) is 0 Å². The minimum absolute atomic E-state index is 0.104. The molecular weight excluding hydrogens is 390 g/mol. The SMILES string of the molecule is CCN1C(=O)c2ccccc2Oc2cc(NC(=O)Cc3c[nH]c4ccccc34)ccc21. The molecule has 0 fully saturated rings. The lowest BCUT2D eigenvalue weighted by Crippen LogP contribution is -2.29. The molecule has 2 heterocycles. The molecule has 5 rings (SSSR count). The third-order valence-electron chi connectivity index (χ3n) is 5.46. The van der Waals surface area contributed by atoms with E-state index in [1.54, 1.807) is 29.2 Å². The van der Waals surface area contributed by atoms with Crippen LogP contribution in [0.25, 0.3) is 10.9 Å². The van der Waals surface area contributed by atoms with Crippen LogP contribution in [0.4, 0.5) is 11.4 Å². The highest BCUT2D eigenvalue weighted by atomic mass is 16.5. The molecule has 0 aliphatic carbocycles. The van der Waals surface area contributed by atoms with Crippen LogP contribution in [-0.2, 0) is 11.2 Å². The van der Waals surface area contributed by atoms with Gasteiger partial charge in [0.05, 0.1) is 17.7 Å². The highest BCUT2D eigenvalue weighted by molar-refractivity contribution is 6.10. The average molecular weight is 411 g/mol. The number of nitrogens with zero attached hydrogens (tertiary/aromatic N) is 1. The van der Waals surface area contributed by atoms with Gasteiger partial charge in [0.25, 0.3) is 5.91 Å². The summed E-state index contributed by atoms with van der Waals surface area (Å²) in [7, 11) is 0. The van der Waals surface area contributed by atoms with E-state index in [0.717, 1.165) is 16.5 Å². The minimum atomic E-state index is -0.123. The maximum absolute atomic E-state index is 13.0.